The van der Waals surface area contributed by atoms with E-state index >= 15 is 0 Å². The van der Waals surface area contributed by atoms with Crippen molar-refractivity contribution in [3.05, 3.63) is 77.2 Å². The van der Waals surface area contributed by atoms with Crippen LogP contribution in [0.1, 0.15) is 21.6 Å². The van der Waals surface area contributed by atoms with Gasteiger partial charge in [-0.2, -0.15) is 0 Å². The van der Waals surface area contributed by atoms with Crippen molar-refractivity contribution in [1.82, 2.24) is 9.78 Å². The Labute approximate surface area is 150 Å². The summed E-state index contributed by atoms with van der Waals surface area (Å²) in [7, 11) is 0. The average molecular weight is 351 g/mol. The Morgan fingerprint density at radius 1 is 1.12 bits per heavy atom. The lowest BCUT2D eigenvalue weighted by Crippen LogP contribution is -2.40. The van der Waals surface area contributed by atoms with Crippen molar-refractivity contribution in [2.75, 3.05) is 11.4 Å². The van der Waals surface area contributed by atoms with Gasteiger partial charge in [-0.05, 0) is 36.8 Å². The minimum Gasteiger partial charge on any atom is -0.472 e. The van der Waals surface area contributed by atoms with Crippen molar-refractivity contribution >= 4 is 11.6 Å². The number of nitrogens with zero attached hydrogens (tertiary/aromatic N) is 3. The Bertz CT molecular complexity index is 950. The highest BCUT2D eigenvalue weighted by Crippen LogP contribution is 2.24. The molecule has 2 aromatic carbocycles. The molecule has 132 valence electrons. The molecule has 26 heavy (non-hydrogen) atoms. The summed E-state index contributed by atoms with van der Waals surface area (Å²) in [6.45, 7) is 3.47. The predicted octanol–water partition coefficient (Wildman–Crippen LogP) is 3.57. The third-order valence-electron chi connectivity index (χ3n) is 4.36. The van der Waals surface area contributed by atoms with Crippen LogP contribution in [-0.2, 0) is 13.2 Å². The molecule has 1 aliphatic rings. The molecular formula is C20H18FN3O2. The standard InChI is InChI=1S/C20H18FN3O2/c1-14-3-2-4-15(11-14)13-26-19-12-18-20(25)23(9-10-24(18)22-19)17-7-5-16(21)6-8-17/h2-8,11-12H,9-10,13H2,1H3. The number of carbonyl (C=O) groups excluding carboxylic acids is 1. The molecule has 4 rings (SSSR count). The maximum absolute atomic E-state index is 13.1. The fourth-order valence-electron chi connectivity index (χ4n) is 3.07. The van der Waals surface area contributed by atoms with Crippen molar-refractivity contribution in [2.24, 2.45) is 0 Å². The van der Waals surface area contributed by atoms with E-state index in [9.17, 15) is 9.18 Å². The molecule has 2 heterocycles. The molecule has 1 aromatic heterocycles. The topological polar surface area (TPSA) is 47.4 Å². The molecule has 0 spiro atoms. The van der Waals surface area contributed by atoms with Gasteiger partial charge in [0.05, 0.1) is 6.54 Å². The summed E-state index contributed by atoms with van der Waals surface area (Å²) in [4.78, 5) is 14.4. The van der Waals surface area contributed by atoms with Crippen molar-refractivity contribution in [1.29, 1.82) is 0 Å². The predicted molar refractivity (Wildman–Crippen MR) is 95.8 cm³/mol. The quantitative estimate of drug-likeness (QED) is 0.722. The number of aryl methyl sites for hydroxylation is 1. The van der Waals surface area contributed by atoms with Crippen LogP contribution in [0, 0.1) is 12.7 Å². The van der Waals surface area contributed by atoms with Gasteiger partial charge in [0, 0.05) is 18.3 Å². The number of rotatable bonds is 4. The van der Waals surface area contributed by atoms with E-state index < -0.39 is 0 Å². The summed E-state index contributed by atoms with van der Waals surface area (Å²) in [6.07, 6.45) is 0. The normalized spacial score (nSPS) is 13.6. The lowest BCUT2D eigenvalue weighted by atomic mass is 10.1. The summed E-state index contributed by atoms with van der Waals surface area (Å²) in [5, 5.41) is 4.37. The van der Waals surface area contributed by atoms with E-state index in [1.807, 2.05) is 25.1 Å². The second-order valence-electron chi connectivity index (χ2n) is 6.30. The molecule has 5 nitrogen and oxygen atoms in total. The Kier molecular flexibility index (Phi) is 4.16. The fourth-order valence-corrected chi connectivity index (χ4v) is 3.07. The van der Waals surface area contributed by atoms with E-state index in [1.165, 1.54) is 17.7 Å². The van der Waals surface area contributed by atoms with Crippen molar-refractivity contribution in [2.45, 2.75) is 20.1 Å². The Hall–Kier alpha value is -3.15. The molecule has 0 saturated carbocycles. The van der Waals surface area contributed by atoms with Crippen LogP contribution >= 0.6 is 0 Å². The number of aromatic nitrogens is 2. The number of anilines is 1. The molecule has 6 heteroatoms. The van der Waals surface area contributed by atoms with Gasteiger partial charge in [0.25, 0.3) is 5.91 Å². The van der Waals surface area contributed by atoms with Gasteiger partial charge in [-0.15, -0.1) is 5.10 Å². The molecule has 1 aliphatic heterocycles. The summed E-state index contributed by atoms with van der Waals surface area (Å²) < 4.78 is 20.5. The van der Waals surface area contributed by atoms with E-state index in [-0.39, 0.29) is 11.7 Å². The van der Waals surface area contributed by atoms with Gasteiger partial charge in [-0.1, -0.05) is 29.8 Å². The van der Waals surface area contributed by atoms with Crippen molar-refractivity contribution in [3.63, 3.8) is 0 Å². The first-order chi connectivity index (χ1) is 12.6. The number of hydrogen-bond donors (Lipinski definition) is 0. The van der Waals surface area contributed by atoms with Gasteiger partial charge in [-0.3, -0.25) is 9.48 Å². The maximum atomic E-state index is 13.1. The first-order valence-electron chi connectivity index (χ1n) is 8.44. The molecule has 0 N–H and O–H groups in total. The number of amides is 1. The molecular weight excluding hydrogens is 333 g/mol. The number of ether oxygens (including phenoxy) is 1. The summed E-state index contributed by atoms with van der Waals surface area (Å²) in [5.74, 6) is -0.0633. The largest absolute Gasteiger partial charge is 0.472 e. The van der Waals surface area contributed by atoms with Gasteiger partial charge < -0.3 is 9.64 Å². The van der Waals surface area contributed by atoms with Crippen LogP contribution in [0.4, 0.5) is 10.1 Å². The van der Waals surface area contributed by atoms with Gasteiger partial charge in [0.15, 0.2) is 0 Å². The third-order valence-corrected chi connectivity index (χ3v) is 4.36. The number of halogens is 1. The van der Waals surface area contributed by atoms with Gasteiger partial charge >= 0.3 is 0 Å². The Morgan fingerprint density at radius 3 is 2.69 bits per heavy atom. The molecule has 3 aromatic rings. The van der Waals surface area contributed by atoms with Crippen LogP contribution in [0.2, 0.25) is 0 Å². The maximum Gasteiger partial charge on any atom is 0.276 e. The zero-order valence-electron chi connectivity index (χ0n) is 14.4. The van der Waals surface area contributed by atoms with Crippen LogP contribution in [0.15, 0.2) is 54.6 Å². The van der Waals surface area contributed by atoms with Gasteiger partial charge in [0.1, 0.15) is 18.1 Å². The Balaban J connectivity index is 1.51. The van der Waals surface area contributed by atoms with E-state index in [1.54, 1.807) is 27.8 Å². The smallest absolute Gasteiger partial charge is 0.276 e. The zero-order valence-corrected chi connectivity index (χ0v) is 14.4. The van der Waals surface area contributed by atoms with E-state index in [2.05, 4.69) is 11.2 Å². The number of carbonyl (C=O) groups is 1. The van der Waals surface area contributed by atoms with E-state index in [0.717, 1.165) is 5.56 Å². The molecule has 1 amide bonds. The molecule has 0 bridgehead atoms. The van der Waals surface area contributed by atoms with Crippen LogP contribution in [-0.4, -0.2) is 22.2 Å². The molecule has 0 saturated heterocycles. The minimum atomic E-state index is -0.324. The first-order valence-corrected chi connectivity index (χ1v) is 8.44. The molecule has 0 atom stereocenters. The highest BCUT2D eigenvalue weighted by Gasteiger charge is 2.28. The van der Waals surface area contributed by atoms with Gasteiger partial charge in [0.2, 0.25) is 5.88 Å². The molecule has 0 unspecified atom stereocenters. The monoisotopic (exact) mass is 351 g/mol. The summed E-state index contributed by atoms with van der Waals surface area (Å²) >= 11 is 0. The highest BCUT2D eigenvalue weighted by molar-refractivity contribution is 6.05. The SMILES string of the molecule is Cc1cccc(COc2cc3n(n2)CCN(c2ccc(F)cc2)C3=O)c1. The van der Waals surface area contributed by atoms with E-state index in [4.69, 9.17) is 4.74 Å². The zero-order chi connectivity index (χ0) is 18.1. The summed E-state index contributed by atoms with van der Waals surface area (Å²) in [5.41, 5.74) is 3.36. The summed E-state index contributed by atoms with van der Waals surface area (Å²) in [6, 6.07) is 15.6. The van der Waals surface area contributed by atoms with Crippen molar-refractivity contribution in [3.8, 4) is 5.88 Å². The molecule has 0 radical (unpaired) electrons. The van der Waals surface area contributed by atoms with E-state index in [0.29, 0.717) is 37.0 Å². The van der Waals surface area contributed by atoms with Crippen LogP contribution in [0.25, 0.3) is 0 Å². The highest BCUT2D eigenvalue weighted by atomic mass is 19.1. The number of benzene rings is 2. The van der Waals surface area contributed by atoms with Crippen LogP contribution in [0.3, 0.4) is 0 Å². The molecule has 0 aliphatic carbocycles. The second kappa shape index (κ2) is 6.63. The minimum absolute atomic E-state index is 0.166. The lowest BCUT2D eigenvalue weighted by molar-refractivity contribution is 0.0962. The number of fused-ring (bicyclic) bond motifs is 1. The lowest BCUT2D eigenvalue weighted by Gasteiger charge is -2.27. The average Bonchev–Trinajstić information content (AvgIpc) is 3.06. The first kappa shape index (κ1) is 16.3. The van der Waals surface area contributed by atoms with Gasteiger partial charge in [-0.25, -0.2) is 4.39 Å². The molecule has 0 fully saturated rings. The third kappa shape index (κ3) is 3.18. The van der Waals surface area contributed by atoms with Crippen LogP contribution in [0.5, 0.6) is 5.88 Å². The second-order valence-corrected chi connectivity index (χ2v) is 6.30. The van der Waals surface area contributed by atoms with Crippen molar-refractivity contribution < 1.29 is 13.9 Å². The van der Waals surface area contributed by atoms with Crippen LogP contribution < -0.4 is 9.64 Å². The number of hydrogen-bond acceptors (Lipinski definition) is 3. The fraction of sp³-hybridized carbons (Fsp3) is 0.200. The Morgan fingerprint density at radius 2 is 1.92 bits per heavy atom.